The van der Waals surface area contributed by atoms with Crippen LogP contribution >= 0.6 is 17.2 Å². The number of hydrogen-bond acceptors (Lipinski definition) is 1. The summed E-state index contributed by atoms with van der Waals surface area (Å²) in [7, 11) is 3.61. The van der Waals surface area contributed by atoms with Crippen LogP contribution in [0.4, 0.5) is 13.2 Å². The number of rotatable bonds is 6. The van der Waals surface area contributed by atoms with Gasteiger partial charge in [-0.05, 0) is 58.7 Å². The van der Waals surface area contributed by atoms with Gasteiger partial charge in [-0.2, -0.15) is 13.2 Å². The molecule has 2 atom stereocenters. The molecule has 6 heteroatoms. The maximum Gasteiger partial charge on any atom is 0.416 e. The van der Waals surface area contributed by atoms with E-state index in [1.807, 2.05) is 54.6 Å². The highest BCUT2D eigenvalue weighted by molar-refractivity contribution is 7.73. The molecular formula is C27H23F3OP2. The normalized spacial score (nSPS) is 12.4. The molecule has 0 aliphatic carbocycles. The van der Waals surface area contributed by atoms with Gasteiger partial charge in [0, 0.05) is 6.16 Å². The van der Waals surface area contributed by atoms with Gasteiger partial charge in [0.15, 0.2) is 0 Å². The zero-order chi connectivity index (χ0) is 23.4. The Morgan fingerprint density at radius 1 is 0.788 bits per heavy atom. The van der Waals surface area contributed by atoms with Crippen molar-refractivity contribution in [2.75, 3.05) is 7.11 Å². The van der Waals surface area contributed by atoms with Crippen molar-refractivity contribution < 1.29 is 17.9 Å². The monoisotopic (exact) mass is 482 g/mol. The maximum absolute atomic E-state index is 13.1. The molecule has 2 unspecified atom stereocenters. The minimum Gasteiger partial charge on any atom is -0.496 e. The molecule has 168 valence electrons. The van der Waals surface area contributed by atoms with Gasteiger partial charge < -0.3 is 4.74 Å². The highest BCUT2D eigenvalue weighted by Crippen LogP contribution is 2.43. The quantitative estimate of drug-likeness (QED) is 0.285. The minimum absolute atomic E-state index is 0.644. The van der Waals surface area contributed by atoms with Crippen LogP contribution in [0.1, 0.15) is 11.1 Å². The Hall–Kier alpha value is -2.67. The van der Waals surface area contributed by atoms with Gasteiger partial charge in [0.25, 0.3) is 0 Å². The van der Waals surface area contributed by atoms with Gasteiger partial charge in [-0.25, -0.2) is 0 Å². The average molecular weight is 482 g/mol. The lowest BCUT2D eigenvalue weighted by atomic mass is 10.0. The second kappa shape index (κ2) is 10.1. The molecule has 0 N–H and O–H groups in total. The van der Waals surface area contributed by atoms with Crippen LogP contribution in [-0.4, -0.2) is 7.11 Å². The Morgan fingerprint density at radius 2 is 1.45 bits per heavy atom. The van der Waals surface area contributed by atoms with Crippen molar-refractivity contribution >= 4 is 33.1 Å². The standard InChI is InChI=1S/C27H23F3OP2/c1-31-24-12-6-5-8-20(24)18-33(22-9-3-2-4-10-22)26-23(11-7-13-25(26)32)19-14-16-21(17-15-19)27(28,29)30/h2-17H,18,32H2,1H3. The summed E-state index contributed by atoms with van der Waals surface area (Å²) in [6.45, 7) is 0. The molecule has 0 saturated carbocycles. The van der Waals surface area contributed by atoms with Crippen LogP contribution in [0.3, 0.4) is 0 Å². The summed E-state index contributed by atoms with van der Waals surface area (Å²) >= 11 is 0. The molecule has 4 aromatic rings. The van der Waals surface area contributed by atoms with Crippen molar-refractivity contribution in [3.63, 3.8) is 0 Å². The molecule has 4 aromatic carbocycles. The second-order valence-corrected chi connectivity index (χ2v) is 10.3. The van der Waals surface area contributed by atoms with Gasteiger partial charge in [-0.1, -0.05) is 78.9 Å². The van der Waals surface area contributed by atoms with E-state index in [0.29, 0.717) is 0 Å². The first kappa shape index (κ1) is 23.5. The van der Waals surface area contributed by atoms with Crippen LogP contribution in [0.5, 0.6) is 5.75 Å². The molecule has 4 rings (SSSR count). The Balaban J connectivity index is 1.86. The molecule has 0 aliphatic heterocycles. The van der Waals surface area contributed by atoms with Crippen LogP contribution in [0, 0.1) is 0 Å². The summed E-state index contributed by atoms with van der Waals surface area (Å²) < 4.78 is 45.0. The van der Waals surface area contributed by atoms with Crippen LogP contribution in [0.25, 0.3) is 11.1 Å². The second-order valence-electron chi connectivity index (χ2n) is 7.55. The van der Waals surface area contributed by atoms with Gasteiger partial charge in [-0.3, -0.25) is 0 Å². The number of para-hydroxylation sites is 1. The van der Waals surface area contributed by atoms with Crippen molar-refractivity contribution in [1.29, 1.82) is 0 Å². The zero-order valence-corrected chi connectivity index (χ0v) is 20.1. The zero-order valence-electron chi connectivity index (χ0n) is 18.0. The van der Waals surface area contributed by atoms with Crippen molar-refractivity contribution in [2.24, 2.45) is 0 Å². The van der Waals surface area contributed by atoms with E-state index in [9.17, 15) is 13.2 Å². The summed E-state index contributed by atoms with van der Waals surface area (Å²) in [4.78, 5) is 0. The molecule has 0 saturated heterocycles. The summed E-state index contributed by atoms with van der Waals surface area (Å²) in [5.74, 6) is 0.832. The topological polar surface area (TPSA) is 9.23 Å². The van der Waals surface area contributed by atoms with Crippen molar-refractivity contribution in [2.45, 2.75) is 12.3 Å². The first-order chi connectivity index (χ1) is 15.9. The summed E-state index contributed by atoms with van der Waals surface area (Å²) in [5.41, 5.74) is 2.17. The third kappa shape index (κ3) is 5.29. The fourth-order valence-electron chi connectivity index (χ4n) is 3.85. The molecule has 1 nitrogen and oxygen atoms in total. The Morgan fingerprint density at radius 3 is 2.12 bits per heavy atom. The summed E-state index contributed by atoms with van der Waals surface area (Å²) in [5, 5.41) is 3.37. The maximum atomic E-state index is 13.1. The van der Waals surface area contributed by atoms with E-state index in [1.54, 1.807) is 19.2 Å². The third-order valence-electron chi connectivity index (χ3n) is 5.45. The molecule has 0 heterocycles. The SMILES string of the molecule is COc1ccccc1CP(c1ccccc1)c1c(P)cccc1-c1ccc(C(F)(F)F)cc1. The fraction of sp³-hybridized carbons (Fsp3) is 0.111. The first-order valence-corrected chi connectivity index (χ1v) is 12.5. The lowest BCUT2D eigenvalue weighted by Gasteiger charge is -2.25. The molecular weight excluding hydrogens is 459 g/mol. The molecule has 0 aliphatic rings. The van der Waals surface area contributed by atoms with E-state index in [1.165, 1.54) is 5.30 Å². The molecule has 0 aromatic heterocycles. The van der Waals surface area contributed by atoms with Crippen molar-refractivity contribution in [3.8, 4) is 16.9 Å². The lowest BCUT2D eigenvalue weighted by Crippen LogP contribution is -2.25. The Kier molecular flexibility index (Phi) is 7.17. The Bertz CT molecular complexity index is 1220. The van der Waals surface area contributed by atoms with Gasteiger partial charge >= 0.3 is 6.18 Å². The van der Waals surface area contributed by atoms with Gasteiger partial charge in [0.1, 0.15) is 5.75 Å². The number of methoxy groups -OCH3 is 1. The summed E-state index contributed by atoms with van der Waals surface area (Å²) in [6, 6.07) is 29.7. The first-order valence-electron chi connectivity index (χ1n) is 10.4. The molecule has 0 fully saturated rings. The largest absolute Gasteiger partial charge is 0.496 e. The number of benzene rings is 4. The number of alkyl halides is 3. The number of ether oxygens (including phenoxy) is 1. The van der Waals surface area contributed by atoms with E-state index in [4.69, 9.17) is 4.74 Å². The van der Waals surface area contributed by atoms with Crippen LogP contribution < -0.4 is 20.7 Å². The molecule has 0 amide bonds. The molecule has 0 bridgehead atoms. The average Bonchev–Trinajstić information content (AvgIpc) is 2.83. The fourth-order valence-corrected chi connectivity index (χ4v) is 7.19. The third-order valence-corrected chi connectivity index (χ3v) is 8.79. The van der Waals surface area contributed by atoms with E-state index >= 15 is 0 Å². The number of hydrogen-bond donors (Lipinski definition) is 0. The van der Waals surface area contributed by atoms with Crippen LogP contribution in [0.15, 0.2) is 97.1 Å². The van der Waals surface area contributed by atoms with Gasteiger partial charge in [0.05, 0.1) is 12.7 Å². The lowest BCUT2D eigenvalue weighted by molar-refractivity contribution is -0.137. The van der Waals surface area contributed by atoms with Crippen molar-refractivity contribution in [3.05, 3.63) is 108 Å². The predicted molar refractivity (Wildman–Crippen MR) is 136 cm³/mol. The predicted octanol–water partition coefficient (Wildman–Crippen LogP) is 6.51. The smallest absolute Gasteiger partial charge is 0.416 e. The van der Waals surface area contributed by atoms with Crippen LogP contribution in [-0.2, 0) is 12.3 Å². The number of halogens is 3. The minimum atomic E-state index is -4.36. The van der Waals surface area contributed by atoms with E-state index in [-0.39, 0.29) is 0 Å². The van der Waals surface area contributed by atoms with Gasteiger partial charge in [0.2, 0.25) is 0 Å². The van der Waals surface area contributed by atoms with E-state index in [0.717, 1.165) is 51.3 Å². The van der Waals surface area contributed by atoms with E-state index in [2.05, 4.69) is 27.4 Å². The molecule has 33 heavy (non-hydrogen) atoms. The highest BCUT2D eigenvalue weighted by atomic mass is 31.1. The Labute approximate surface area is 195 Å². The molecule has 0 spiro atoms. The van der Waals surface area contributed by atoms with Crippen molar-refractivity contribution in [1.82, 2.24) is 0 Å². The highest BCUT2D eigenvalue weighted by Gasteiger charge is 2.30. The van der Waals surface area contributed by atoms with Crippen LogP contribution in [0.2, 0.25) is 0 Å². The van der Waals surface area contributed by atoms with E-state index < -0.39 is 19.7 Å². The molecule has 0 radical (unpaired) electrons. The summed E-state index contributed by atoms with van der Waals surface area (Å²) in [6.07, 6.45) is -3.60. The van der Waals surface area contributed by atoms with Gasteiger partial charge in [-0.15, -0.1) is 9.24 Å².